The Labute approximate surface area is 83.5 Å². The van der Waals surface area contributed by atoms with E-state index in [2.05, 4.69) is 28.5 Å². The zero-order valence-electron chi connectivity index (χ0n) is 7.16. The van der Waals surface area contributed by atoms with Crippen LogP contribution in [0.1, 0.15) is 6.42 Å². The van der Waals surface area contributed by atoms with Crippen molar-refractivity contribution in [3.63, 3.8) is 0 Å². The smallest absolute Gasteiger partial charge is 0.0670 e. The molecule has 0 bridgehead atoms. The zero-order chi connectivity index (χ0) is 7.97. The number of aliphatic imine (C=N–C) groups is 1. The van der Waals surface area contributed by atoms with E-state index in [1.54, 1.807) is 0 Å². The lowest BCUT2D eigenvalue weighted by atomic mass is 9.95. The maximum Gasteiger partial charge on any atom is 0.0670 e. The molecular weight excluding hydrogens is 184 g/mol. The van der Waals surface area contributed by atoms with Crippen LogP contribution in [-0.4, -0.2) is 12.8 Å². The monoisotopic (exact) mass is 194 g/mol. The van der Waals surface area contributed by atoms with Gasteiger partial charge in [-0.05, 0) is 24.6 Å². The number of rotatable bonds is 0. The van der Waals surface area contributed by atoms with E-state index in [1.165, 1.54) is 17.7 Å². The lowest BCUT2D eigenvalue weighted by Crippen LogP contribution is -2.09. The fraction of sp³-hybridized carbons (Fsp3) is 0.300. The summed E-state index contributed by atoms with van der Waals surface area (Å²) in [5.41, 5.74) is 3.79. The number of nitrogens with one attached hydrogen (secondary N) is 1. The first kappa shape index (κ1) is 8.57. The van der Waals surface area contributed by atoms with Crippen molar-refractivity contribution in [2.75, 3.05) is 6.54 Å². The number of nitrogens with zero attached hydrogens (tertiary/aromatic N) is 1. The molecule has 68 valence electrons. The minimum Gasteiger partial charge on any atom is -0.388 e. The summed E-state index contributed by atoms with van der Waals surface area (Å²) in [6.07, 6.45) is 9.65. The predicted octanol–water partition coefficient (Wildman–Crippen LogP) is 1.81. The normalized spacial score (nSPS) is 27.7. The third kappa shape index (κ3) is 1.22. The number of hydrogen-bond acceptors (Lipinski definition) is 2. The lowest BCUT2D eigenvalue weighted by Gasteiger charge is -2.13. The van der Waals surface area contributed by atoms with E-state index in [0.717, 1.165) is 12.2 Å². The Balaban J connectivity index is 0.000000653. The molecule has 0 aromatic carbocycles. The minimum atomic E-state index is 0. The summed E-state index contributed by atoms with van der Waals surface area (Å²) in [7, 11) is 0. The van der Waals surface area contributed by atoms with Gasteiger partial charge in [-0.2, -0.15) is 0 Å². The standard InChI is InChI=1S/C10H10N2.ClH/c1-3-11-9-6-8-2-4-12-10(8)5-7(1)9;/h1,3,5-6,8,12H,2,4H2;1H. The second-order valence-electron chi connectivity index (χ2n) is 3.37. The molecule has 0 amide bonds. The quantitative estimate of drug-likeness (QED) is 0.625. The largest absolute Gasteiger partial charge is 0.388 e. The van der Waals surface area contributed by atoms with Gasteiger partial charge in [-0.15, -0.1) is 12.4 Å². The van der Waals surface area contributed by atoms with E-state index in [4.69, 9.17) is 0 Å². The Hall–Kier alpha value is -1.02. The van der Waals surface area contributed by atoms with Gasteiger partial charge in [-0.25, -0.2) is 0 Å². The fourth-order valence-electron chi connectivity index (χ4n) is 1.97. The van der Waals surface area contributed by atoms with Crippen molar-refractivity contribution >= 4 is 18.6 Å². The molecule has 0 aromatic heterocycles. The fourth-order valence-corrected chi connectivity index (χ4v) is 1.97. The Morgan fingerprint density at radius 2 is 2.38 bits per heavy atom. The molecule has 2 nitrogen and oxygen atoms in total. The average Bonchev–Trinajstić information content (AvgIpc) is 2.64. The molecule has 1 saturated heterocycles. The molecule has 1 unspecified atom stereocenters. The first-order valence-corrected chi connectivity index (χ1v) is 4.35. The highest BCUT2D eigenvalue weighted by Crippen LogP contribution is 2.32. The summed E-state index contributed by atoms with van der Waals surface area (Å²) in [6.45, 7) is 1.11. The zero-order valence-corrected chi connectivity index (χ0v) is 7.97. The van der Waals surface area contributed by atoms with Gasteiger partial charge in [-0.3, -0.25) is 4.99 Å². The third-order valence-corrected chi connectivity index (χ3v) is 2.62. The average molecular weight is 195 g/mol. The molecule has 1 fully saturated rings. The van der Waals surface area contributed by atoms with Crippen molar-refractivity contribution in [3.8, 4) is 0 Å². The first-order chi connectivity index (χ1) is 5.93. The Bertz CT molecular complexity index is 350. The van der Waals surface area contributed by atoms with Crippen LogP contribution in [0.2, 0.25) is 0 Å². The van der Waals surface area contributed by atoms with E-state index in [1.807, 2.05) is 6.21 Å². The predicted molar refractivity (Wildman–Crippen MR) is 56.1 cm³/mol. The number of allylic oxidation sites excluding steroid dienone is 3. The van der Waals surface area contributed by atoms with E-state index >= 15 is 0 Å². The van der Waals surface area contributed by atoms with Crippen molar-refractivity contribution in [1.82, 2.24) is 5.32 Å². The third-order valence-electron chi connectivity index (χ3n) is 2.62. The number of halogens is 1. The van der Waals surface area contributed by atoms with Crippen molar-refractivity contribution in [1.29, 1.82) is 0 Å². The van der Waals surface area contributed by atoms with Crippen LogP contribution in [0.25, 0.3) is 0 Å². The van der Waals surface area contributed by atoms with Crippen LogP contribution in [-0.2, 0) is 0 Å². The highest BCUT2D eigenvalue weighted by molar-refractivity contribution is 5.85. The Morgan fingerprint density at radius 3 is 3.31 bits per heavy atom. The van der Waals surface area contributed by atoms with Crippen molar-refractivity contribution in [2.45, 2.75) is 6.42 Å². The summed E-state index contributed by atoms with van der Waals surface area (Å²) in [5.74, 6) is 0.604. The SMILES string of the molecule is C1=NC2=CC3CCNC3=CC2=C1.Cl. The summed E-state index contributed by atoms with van der Waals surface area (Å²) in [5, 5.41) is 3.39. The molecule has 3 rings (SSSR count). The van der Waals surface area contributed by atoms with Crippen LogP contribution in [0.5, 0.6) is 0 Å². The summed E-state index contributed by atoms with van der Waals surface area (Å²) >= 11 is 0. The molecule has 1 atom stereocenters. The minimum absolute atomic E-state index is 0. The summed E-state index contributed by atoms with van der Waals surface area (Å²) in [4.78, 5) is 4.29. The van der Waals surface area contributed by atoms with E-state index in [-0.39, 0.29) is 12.4 Å². The maximum absolute atomic E-state index is 4.29. The van der Waals surface area contributed by atoms with Gasteiger partial charge >= 0.3 is 0 Å². The van der Waals surface area contributed by atoms with Crippen LogP contribution in [0.3, 0.4) is 0 Å². The molecular formula is C10H11ClN2. The van der Waals surface area contributed by atoms with E-state index in [9.17, 15) is 0 Å². The van der Waals surface area contributed by atoms with Crippen LogP contribution in [0, 0.1) is 5.92 Å². The molecule has 0 spiro atoms. The Kier molecular flexibility index (Phi) is 2.00. The van der Waals surface area contributed by atoms with E-state index < -0.39 is 0 Å². The second kappa shape index (κ2) is 3.04. The van der Waals surface area contributed by atoms with Crippen molar-refractivity contribution in [3.05, 3.63) is 35.2 Å². The molecule has 2 heterocycles. The van der Waals surface area contributed by atoms with Gasteiger partial charge in [0.15, 0.2) is 0 Å². The number of hydrogen-bond donors (Lipinski definition) is 1. The van der Waals surface area contributed by atoms with Gasteiger partial charge in [0.2, 0.25) is 0 Å². The molecule has 3 heteroatoms. The van der Waals surface area contributed by atoms with E-state index in [0.29, 0.717) is 5.92 Å². The molecule has 1 N–H and O–H groups in total. The lowest BCUT2D eigenvalue weighted by molar-refractivity contribution is 0.782. The molecule has 0 saturated carbocycles. The van der Waals surface area contributed by atoms with Gasteiger partial charge in [-0.1, -0.05) is 0 Å². The highest BCUT2D eigenvalue weighted by atomic mass is 35.5. The maximum atomic E-state index is 4.29. The number of fused-ring (bicyclic) bond motifs is 2. The van der Waals surface area contributed by atoms with Crippen molar-refractivity contribution < 1.29 is 0 Å². The van der Waals surface area contributed by atoms with Crippen LogP contribution >= 0.6 is 12.4 Å². The molecule has 1 aliphatic carbocycles. The topological polar surface area (TPSA) is 24.4 Å². The molecule has 0 radical (unpaired) electrons. The second-order valence-corrected chi connectivity index (χ2v) is 3.37. The van der Waals surface area contributed by atoms with Gasteiger partial charge in [0.25, 0.3) is 0 Å². The van der Waals surface area contributed by atoms with Gasteiger partial charge < -0.3 is 5.32 Å². The highest BCUT2D eigenvalue weighted by Gasteiger charge is 2.24. The summed E-state index contributed by atoms with van der Waals surface area (Å²) < 4.78 is 0. The molecule has 0 aromatic rings. The van der Waals surface area contributed by atoms with Gasteiger partial charge in [0.1, 0.15) is 0 Å². The van der Waals surface area contributed by atoms with Crippen LogP contribution < -0.4 is 5.32 Å². The molecule has 3 aliphatic rings. The van der Waals surface area contributed by atoms with Crippen molar-refractivity contribution in [2.24, 2.45) is 10.9 Å². The van der Waals surface area contributed by atoms with Crippen LogP contribution in [0.15, 0.2) is 40.2 Å². The first-order valence-electron chi connectivity index (χ1n) is 4.35. The van der Waals surface area contributed by atoms with Gasteiger partial charge in [0.05, 0.1) is 5.70 Å². The molecule has 13 heavy (non-hydrogen) atoms. The summed E-state index contributed by atoms with van der Waals surface area (Å²) in [6, 6.07) is 0. The van der Waals surface area contributed by atoms with Crippen LogP contribution in [0.4, 0.5) is 0 Å². The Morgan fingerprint density at radius 1 is 1.46 bits per heavy atom. The van der Waals surface area contributed by atoms with Gasteiger partial charge in [0, 0.05) is 29.9 Å². The molecule has 2 aliphatic heterocycles.